The largest absolute Gasteiger partial charge is 0.330 e. The standard InChI is InChI=1S/C17H22N2S/c18-11-10-17(8-2-1-3-9-17)15-6-4-14(5-7-15)16-19-12-13-20-16/h4-7,12-13H,1-3,8-11,18H2. The molecule has 0 amide bonds. The van der Waals surface area contributed by atoms with E-state index in [4.69, 9.17) is 5.73 Å². The Hall–Kier alpha value is -1.19. The summed E-state index contributed by atoms with van der Waals surface area (Å²) in [5, 5.41) is 3.13. The molecule has 106 valence electrons. The van der Waals surface area contributed by atoms with Gasteiger partial charge in [0.15, 0.2) is 0 Å². The first-order valence-corrected chi connectivity index (χ1v) is 8.42. The van der Waals surface area contributed by atoms with E-state index in [9.17, 15) is 0 Å². The first-order chi connectivity index (χ1) is 9.84. The summed E-state index contributed by atoms with van der Waals surface area (Å²) in [7, 11) is 0. The summed E-state index contributed by atoms with van der Waals surface area (Å²) in [6.45, 7) is 0.786. The molecule has 2 nitrogen and oxygen atoms in total. The Morgan fingerprint density at radius 2 is 1.85 bits per heavy atom. The molecule has 1 aliphatic carbocycles. The number of nitrogens with zero attached hydrogens (tertiary/aromatic N) is 1. The fraction of sp³-hybridized carbons (Fsp3) is 0.471. The zero-order valence-corrected chi connectivity index (χ0v) is 12.7. The summed E-state index contributed by atoms with van der Waals surface area (Å²) >= 11 is 1.70. The highest BCUT2D eigenvalue weighted by atomic mass is 32.1. The minimum absolute atomic E-state index is 0.328. The number of benzene rings is 1. The monoisotopic (exact) mass is 286 g/mol. The predicted octanol–water partition coefficient (Wildman–Crippen LogP) is 4.36. The van der Waals surface area contributed by atoms with Crippen LogP contribution in [0.2, 0.25) is 0 Å². The number of aromatic nitrogens is 1. The molecule has 0 saturated heterocycles. The van der Waals surface area contributed by atoms with Crippen LogP contribution in [0.1, 0.15) is 44.1 Å². The Bertz CT molecular complexity index is 519. The first-order valence-electron chi connectivity index (χ1n) is 7.55. The lowest BCUT2D eigenvalue weighted by molar-refractivity contribution is 0.277. The molecule has 1 saturated carbocycles. The van der Waals surface area contributed by atoms with E-state index in [0.717, 1.165) is 18.0 Å². The zero-order chi connectivity index (χ0) is 13.8. The second-order valence-electron chi connectivity index (χ2n) is 5.79. The third-order valence-electron chi connectivity index (χ3n) is 4.61. The van der Waals surface area contributed by atoms with Gasteiger partial charge in [0.05, 0.1) is 0 Å². The van der Waals surface area contributed by atoms with Gasteiger partial charge in [-0.25, -0.2) is 4.98 Å². The summed E-state index contributed by atoms with van der Waals surface area (Å²) in [5.41, 5.74) is 8.91. The van der Waals surface area contributed by atoms with Crippen molar-refractivity contribution in [1.29, 1.82) is 0 Å². The van der Waals surface area contributed by atoms with Crippen LogP contribution in [-0.4, -0.2) is 11.5 Å². The molecule has 2 aromatic rings. The molecule has 1 aliphatic rings. The van der Waals surface area contributed by atoms with Crippen LogP contribution in [0.4, 0.5) is 0 Å². The smallest absolute Gasteiger partial charge is 0.123 e. The van der Waals surface area contributed by atoms with Gasteiger partial charge in [-0.2, -0.15) is 0 Å². The van der Waals surface area contributed by atoms with Gasteiger partial charge < -0.3 is 5.73 Å². The van der Waals surface area contributed by atoms with Crippen molar-refractivity contribution in [3.05, 3.63) is 41.4 Å². The molecule has 1 aromatic carbocycles. The highest BCUT2D eigenvalue weighted by molar-refractivity contribution is 7.13. The molecule has 1 aromatic heterocycles. The molecule has 3 rings (SSSR count). The highest BCUT2D eigenvalue weighted by Gasteiger charge is 2.32. The molecule has 3 heteroatoms. The molecule has 0 spiro atoms. The highest BCUT2D eigenvalue weighted by Crippen LogP contribution is 2.42. The van der Waals surface area contributed by atoms with Gasteiger partial charge in [0, 0.05) is 17.1 Å². The molecule has 0 bridgehead atoms. The summed E-state index contributed by atoms with van der Waals surface area (Å²) in [6, 6.07) is 9.05. The maximum absolute atomic E-state index is 5.88. The van der Waals surface area contributed by atoms with E-state index in [0.29, 0.717) is 5.41 Å². The fourth-order valence-electron chi connectivity index (χ4n) is 3.52. The van der Waals surface area contributed by atoms with Gasteiger partial charge in [-0.15, -0.1) is 11.3 Å². The van der Waals surface area contributed by atoms with Gasteiger partial charge in [-0.1, -0.05) is 43.5 Å². The number of rotatable bonds is 4. The van der Waals surface area contributed by atoms with Crippen LogP contribution in [0.25, 0.3) is 10.6 Å². The fourth-order valence-corrected chi connectivity index (χ4v) is 4.16. The summed E-state index contributed by atoms with van der Waals surface area (Å²) in [5.74, 6) is 0. The average Bonchev–Trinajstić information content (AvgIpc) is 3.03. The number of hydrogen-bond donors (Lipinski definition) is 1. The van der Waals surface area contributed by atoms with Crippen LogP contribution >= 0.6 is 11.3 Å². The van der Waals surface area contributed by atoms with Crippen molar-refractivity contribution < 1.29 is 0 Å². The van der Waals surface area contributed by atoms with E-state index in [1.807, 2.05) is 11.6 Å². The molecule has 1 fully saturated rings. The van der Waals surface area contributed by atoms with Crippen LogP contribution in [0.15, 0.2) is 35.8 Å². The number of thiazole rings is 1. The van der Waals surface area contributed by atoms with Crippen LogP contribution in [0.3, 0.4) is 0 Å². The first kappa shape index (κ1) is 13.8. The van der Waals surface area contributed by atoms with Crippen LogP contribution in [-0.2, 0) is 5.41 Å². The van der Waals surface area contributed by atoms with Gasteiger partial charge in [0.2, 0.25) is 0 Å². The van der Waals surface area contributed by atoms with Crippen molar-refractivity contribution in [3.8, 4) is 10.6 Å². The van der Waals surface area contributed by atoms with E-state index >= 15 is 0 Å². The Balaban J connectivity index is 1.88. The van der Waals surface area contributed by atoms with Crippen molar-refractivity contribution in [1.82, 2.24) is 4.98 Å². The van der Waals surface area contributed by atoms with Crippen molar-refractivity contribution >= 4 is 11.3 Å². The number of nitrogens with two attached hydrogens (primary N) is 1. The van der Waals surface area contributed by atoms with E-state index in [-0.39, 0.29) is 0 Å². The minimum atomic E-state index is 0.328. The molecule has 0 atom stereocenters. The lowest BCUT2D eigenvalue weighted by atomic mass is 9.67. The third kappa shape index (κ3) is 2.65. The minimum Gasteiger partial charge on any atom is -0.330 e. The molecule has 0 aliphatic heterocycles. The van der Waals surface area contributed by atoms with E-state index < -0.39 is 0 Å². The molecular weight excluding hydrogens is 264 g/mol. The van der Waals surface area contributed by atoms with Crippen LogP contribution in [0, 0.1) is 0 Å². The van der Waals surface area contributed by atoms with E-state index in [1.165, 1.54) is 43.2 Å². The van der Waals surface area contributed by atoms with Crippen LogP contribution in [0.5, 0.6) is 0 Å². The molecule has 2 N–H and O–H groups in total. The van der Waals surface area contributed by atoms with Crippen LogP contribution < -0.4 is 5.73 Å². The predicted molar refractivity (Wildman–Crippen MR) is 86.0 cm³/mol. The topological polar surface area (TPSA) is 38.9 Å². The van der Waals surface area contributed by atoms with Gasteiger partial charge >= 0.3 is 0 Å². The molecular formula is C17H22N2S. The SMILES string of the molecule is NCCC1(c2ccc(-c3nccs3)cc2)CCCCC1. The molecule has 0 unspecified atom stereocenters. The van der Waals surface area contributed by atoms with Crippen molar-refractivity contribution in [2.75, 3.05) is 6.54 Å². The number of hydrogen-bond acceptors (Lipinski definition) is 3. The van der Waals surface area contributed by atoms with Gasteiger partial charge in [0.25, 0.3) is 0 Å². The van der Waals surface area contributed by atoms with Crippen molar-refractivity contribution in [2.24, 2.45) is 5.73 Å². The molecule has 20 heavy (non-hydrogen) atoms. The quantitative estimate of drug-likeness (QED) is 0.907. The van der Waals surface area contributed by atoms with Gasteiger partial charge in [-0.3, -0.25) is 0 Å². The van der Waals surface area contributed by atoms with Crippen molar-refractivity contribution in [2.45, 2.75) is 43.9 Å². The van der Waals surface area contributed by atoms with Gasteiger partial charge in [0.1, 0.15) is 5.01 Å². The summed E-state index contributed by atoms with van der Waals surface area (Å²) in [4.78, 5) is 4.38. The Kier molecular flexibility index (Phi) is 4.18. The maximum atomic E-state index is 5.88. The third-order valence-corrected chi connectivity index (χ3v) is 5.43. The normalized spacial score (nSPS) is 18.1. The van der Waals surface area contributed by atoms with E-state index in [1.54, 1.807) is 11.3 Å². The summed E-state index contributed by atoms with van der Waals surface area (Å²) < 4.78 is 0. The molecule has 1 heterocycles. The Labute approximate surface area is 125 Å². The van der Waals surface area contributed by atoms with E-state index in [2.05, 4.69) is 29.2 Å². The zero-order valence-electron chi connectivity index (χ0n) is 11.8. The lowest BCUT2D eigenvalue weighted by Gasteiger charge is -2.38. The Morgan fingerprint density at radius 3 is 2.45 bits per heavy atom. The van der Waals surface area contributed by atoms with Crippen molar-refractivity contribution in [3.63, 3.8) is 0 Å². The van der Waals surface area contributed by atoms with Gasteiger partial charge in [-0.05, 0) is 36.8 Å². The average molecular weight is 286 g/mol. The molecule has 0 radical (unpaired) electrons. The Morgan fingerprint density at radius 1 is 1.10 bits per heavy atom. The second-order valence-corrected chi connectivity index (χ2v) is 6.69. The lowest BCUT2D eigenvalue weighted by Crippen LogP contribution is -2.31. The summed E-state index contributed by atoms with van der Waals surface area (Å²) in [6.07, 6.45) is 9.63. The maximum Gasteiger partial charge on any atom is 0.123 e. The second kappa shape index (κ2) is 6.06.